The Morgan fingerprint density at radius 2 is 2.23 bits per heavy atom. The molecule has 13 heavy (non-hydrogen) atoms. The van der Waals surface area contributed by atoms with E-state index >= 15 is 0 Å². The SMILES string of the molecule is CCC(O)CCNC(=O)CCCO. The van der Waals surface area contributed by atoms with Crippen molar-refractivity contribution in [3.05, 3.63) is 0 Å². The van der Waals surface area contributed by atoms with Crippen molar-refractivity contribution in [3.8, 4) is 0 Å². The van der Waals surface area contributed by atoms with Crippen LogP contribution in [0.3, 0.4) is 0 Å². The summed E-state index contributed by atoms with van der Waals surface area (Å²) in [7, 11) is 0. The van der Waals surface area contributed by atoms with Crippen molar-refractivity contribution >= 4 is 5.91 Å². The van der Waals surface area contributed by atoms with Gasteiger partial charge in [-0.15, -0.1) is 0 Å². The van der Waals surface area contributed by atoms with Crippen molar-refractivity contribution in [2.75, 3.05) is 13.2 Å². The van der Waals surface area contributed by atoms with Crippen LogP contribution in [0.1, 0.15) is 32.6 Å². The standard InChI is InChI=1S/C9H19NO3/c1-2-8(12)5-6-10-9(13)4-3-7-11/h8,11-12H,2-7H2,1H3,(H,10,13). The Morgan fingerprint density at radius 3 is 2.77 bits per heavy atom. The second kappa shape index (κ2) is 8.01. The lowest BCUT2D eigenvalue weighted by molar-refractivity contribution is -0.121. The van der Waals surface area contributed by atoms with Crippen LogP contribution in [0.2, 0.25) is 0 Å². The summed E-state index contributed by atoms with van der Waals surface area (Å²) in [6, 6.07) is 0. The maximum atomic E-state index is 11.0. The van der Waals surface area contributed by atoms with E-state index in [1.807, 2.05) is 6.92 Å². The second-order valence-corrected chi connectivity index (χ2v) is 3.03. The molecule has 1 amide bonds. The number of carbonyl (C=O) groups is 1. The molecule has 0 aromatic carbocycles. The van der Waals surface area contributed by atoms with E-state index in [9.17, 15) is 4.79 Å². The number of aliphatic hydroxyl groups excluding tert-OH is 2. The number of hydrogen-bond acceptors (Lipinski definition) is 3. The predicted octanol–water partition coefficient (Wildman–Crippen LogP) is 0.0361. The third-order valence-electron chi connectivity index (χ3n) is 1.83. The molecule has 3 N–H and O–H groups in total. The van der Waals surface area contributed by atoms with Crippen molar-refractivity contribution in [2.24, 2.45) is 0 Å². The molecule has 0 spiro atoms. The van der Waals surface area contributed by atoms with E-state index < -0.39 is 0 Å². The maximum absolute atomic E-state index is 11.0. The van der Waals surface area contributed by atoms with Gasteiger partial charge in [-0.2, -0.15) is 0 Å². The fourth-order valence-corrected chi connectivity index (χ4v) is 0.910. The molecular weight excluding hydrogens is 170 g/mol. The third kappa shape index (κ3) is 7.74. The van der Waals surface area contributed by atoms with E-state index in [1.165, 1.54) is 0 Å². The third-order valence-corrected chi connectivity index (χ3v) is 1.83. The first kappa shape index (κ1) is 12.4. The van der Waals surface area contributed by atoms with E-state index in [-0.39, 0.29) is 18.6 Å². The summed E-state index contributed by atoms with van der Waals surface area (Å²) in [5.74, 6) is -0.0580. The van der Waals surface area contributed by atoms with Crippen LogP contribution in [0.5, 0.6) is 0 Å². The van der Waals surface area contributed by atoms with Gasteiger partial charge in [-0.1, -0.05) is 6.92 Å². The van der Waals surface area contributed by atoms with Crippen LogP contribution >= 0.6 is 0 Å². The molecule has 0 rings (SSSR count). The van der Waals surface area contributed by atoms with Gasteiger partial charge in [0.25, 0.3) is 0 Å². The van der Waals surface area contributed by atoms with Crippen molar-refractivity contribution in [3.63, 3.8) is 0 Å². The largest absolute Gasteiger partial charge is 0.396 e. The molecule has 0 bridgehead atoms. The molecule has 1 unspecified atom stereocenters. The molecular formula is C9H19NO3. The fourth-order valence-electron chi connectivity index (χ4n) is 0.910. The Labute approximate surface area is 79.0 Å². The highest BCUT2D eigenvalue weighted by molar-refractivity contribution is 5.75. The maximum Gasteiger partial charge on any atom is 0.220 e. The highest BCUT2D eigenvalue weighted by Crippen LogP contribution is 1.94. The Bertz CT molecular complexity index is 139. The summed E-state index contributed by atoms with van der Waals surface area (Å²) in [6.07, 6.45) is 1.85. The first-order valence-electron chi connectivity index (χ1n) is 4.76. The normalized spacial score (nSPS) is 12.5. The molecule has 4 nitrogen and oxygen atoms in total. The second-order valence-electron chi connectivity index (χ2n) is 3.03. The number of carbonyl (C=O) groups excluding carboxylic acids is 1. The molecule has 4 heteroatoms. The molecule has 78 valence electrons. The lowest BCUT2D eigenvalue weighted by Gasteiger charge is -2.08. The van der Waals surface area contributed by atoms with Crippen LogP contribution in [0.15, 0.2) is 0 Å². The van der Waals surface area contributed by atoms with Crippen molar-refractivity contribution < 1.29 is 15.0 Å². The minimum Gasteiger partial charge on any atom is -0.396 e. The van der Waals surface area contributed by atoms with Gasteiger partial charge in [-0.3, -0.25) is 4.79 Å². The molecule has 0 aromatic heterocycles. The highest BCUT2D eigenvalue weighted by atomic mass is 16.3. The smallest absolute Gasteiger partial charge is 0.220 e. The molecule has 0 aliphatic rings. The van der Waals surface area contributed by atoms with Crippen LogP contribution in [-0.2, 0) is 4.79 Å². The van der Waals surface area contributed by atoms with Crippen LogP contribution in [0.25, 0.3) is 0 Å². The van der Waals surface area contributed by atoms with Gasteiger partial charge in [0.15, 0.2) is 0 Å². The highest BCUT2D eigenvalue weighted by Gasteiger charge is 2.02. The van der Waals surface area contributed by atoms with Crippen LogP contribution in [-0.4, -0.2) is 35.4 Å². The van der Waals surface area contributed by atoms with E-state index in [2.05, 4.69) is 5.32 Å². The van der Waals surface area contributed by atoms with Gasteiger partial charge in [0.05, 0.1) is 6.10 Å². The van der Waals surface area contributed by atoms with Gasteiger partial charge >= 0.3 is 0 Å². The molecule has 0 aliphatic heterocycles. The number of aliphatic hydroxyl groups is 2. The van der Waals surface area contributed by atoms with Gasteiger partial charge in [-0.05, 0) is 19.3 Å². The summed E-state index contributed by atoms with van der Waals surface area (Å²) in [4.78, 5) is 11.0. The lowest BCUT2D eigenvalue weighted by atomic mass is 10.2. The minimum absolute atomic E-state index is 0.0466. The minimum atomic E-state index is -0.321. The van der Waals surface area contributed by atoms with Gasteiger partial charge in [0.1, 0.15) is 0 Å². The Morgan fingerprint density at radius 1 is 1.54 bits per heavy atom. The summed E-state index contributed by atoms with van der Waals surface area (Å²) >= 11 is 0. The quantitative estimate of drug-likeness (QED) is 0.529. The predicted molar refractivity (Wildman–Crippen MR) is 50.2 cm³/mol. The molecule has 0 saturated heterocycles. The van der Waals surface area contributed by atoms with Crippen LogP contribution in [0, 0.1) is 0 Å². The topological polar surface area (TPSA) is 69.6 Å². The van der Waals surface area contributed by atoms with Crippen molar-refractivity contribution in [2.45, 2.75) is 38.7 Å². The number of nitrogens with one attached hydrogen (secondary N) is 1. The van der Waals surface area contributed by atoms with E-state index in [4.69, 9.17) is 10.2 Å². The summed E-state index contributed by atoms with van der Waals surface area (Å²) < 4.78 is 0. The average molecular weight is 189 g/mol. The molecule has 0 aromatic rings. The molecule has 0 aliphatic carbocycles. The summed E-state index contributed by atoms with van der Waals surface area (Å²) in [5.41, 5.74) is 0. The molecule has 0 fully saturated rings. The van der Waals surface area contributed by atoms with E-state index in [0.717, 1.165) is 0 Å². The Balaban J connectivity index is 3.26. The molecule has 1 atom stereocenters. The van der Waals surface area contributed by atoms with Gasteiger partial charge in [0, 0.05) is 19.6 Å². The van der Waals surface area contributed by atoms with E-state index in [0.29, 0.717) is 32.2 Å². The van der Waals surface area contributed by atoms with Crippen molar-refractivity contribution in [1.29, 1.82) is 0 Å². The molecule has 0 radical (unpaired) electrons. The fraction of sp³-hybridized carbons (Fsp3) is 0.889. The zero-order valence-electron chi connectivity index (χ0n) is 8.12. The number of amides is 1. The zero-order chi connectivity index (χ0) is 10.1. The number of hydrogen-bond donors (Lipinski definition) is 3. The Hall–Kier alpha value is -0.610. The van der Waals surface area contributed by atoms with E-state index in [1.54, 1.807) is 0 Å². The molecule has 0 heterocycles. The summed E-state index contributed by atoms with van der Waals surface area (Å²) in [5, 5.41) is 20.3. The first-order chi connectivity index (χ1) is 6.20. The number of rotatable bonds is 7. The molecule has 0 saturated carbocycles. The average Bonchev–Trinajstić information content (AvgIpc) is 2.14. The monoisotopic (exact) mass is 189 g/mol. The summed E-state index contributed by atoms with van der Waals surface area (Å²) in [6.45, 7) is 2.46. The lowest BCUT2D eigenvalue weighted by Crippen LogP contribution is -2.26. The zero-order valence-corrected chi connectivity index (χ0v) is 8.12. The van der Waals surface area contributed by atoms with Gasteiger partial charge in [0.2, 0.25) is 5.91 Å². The Kier molecular flexibility index (Phi) is 7.63. The van der Waals surface area contributed by atoms with Crippen LogP contribution in [0.4, 0.5) is 0 Å². The van der Waals surface area contributed by atoms with Crippen molar-refractivity contribution in [1.82, 2.24) is 5.32 Å². The van der Waals surface area contributed by atoms with Crippen LogP contribution < -0.4 is 5.32 Å². The first-order valence-corrected chi connectivity index (χ1v) is 4.76. The van der Waals surface area contributed by atoms with Gasteiger partial charge in [-0.25, -0.2) is 0 Å². The van der Waals surface area contributed by atoms with Gasteiger partial charge < -0.3 is 15.5 Å².